The van der Waals surface area contributed by atoms with Crippen molar-refractivity contribution in [3.8, 4) is 0 Å². The summed E-state index contributed by atoms with van der Waals surface area (Å²) in [6.45, 7) is 4.38. The highest BCUT2D eigenvalue weighted by Crippen LogP contribution is 2.26. The van der Waals surface area contributed by atoms with Crippen molar-refractivity contribution in [1.29, 1.82) is 0 Å². The van der Waals surface area contributed by atoms with Crippen LogP contribution in [-0.4, -0.2) is 31.1 Å². The third kappa shape index (κ3) is 3.57. The van der Waals surface area contributed by atoms with Crippen molar-refractivity contribution >= 4 is 11.6 Å². The first-order valence-electron chi connectivity index (χ1n) is 7.58. The maximum absolute atomic E-state index is 12.7. The zero-order valence-electron chi connectivity index (χ0n) is 12.6. The first kappa shape index (κ1) is 15.9. The molecule has 0 aromatic heterocycles. The molecule has 1 atom stereocenters. The van der Waals surface area contributed by atoms with Crippen LogP contribution in [0.15, 0.2) is 24.3 Å². The molecule has 0 saturated heterocycles. The Morgan fingerprint density at radius 2 is 1.90 bits per heavy atom. The molecule has 4 nitrogen and oxygen atoms in total. The summed E-state index contributed by atoms with van der Waals surface area (Å²) in [5, 5.41) is 0. The summed E-state index contributed by atoms with van der Waals surface area (Å²) in [7, 11) is 0. The van der Waals surface area contributed by atoms with E-state index in [4.69, 9.17) is 9.47 Å². The fourth-order valence-electron chi connectivity index (χ4n) is 2.74. The molecule has 0 spiro atoms. The van der Waals surface area contributed by atoms with Crippen LogP contribution in [-0.2, 0) is 20.7 Å². The van der Waals surface area contributed by atoms with Crippen LogP contribution in [0.2, 0.25) is 0 Å². The Balaban J connectivity index is 2.23. The number of hydrogen-bond donors (Lipinski definition) is 0. The zero-order valence-corrected chi connectivity index (χ0v) is 12.6. The summed E-state index contributed by atoms with van der Waals surface area (Å²) in [6, 6.07) is 7.53. The molecule has 1 aromatic carbocycles. The van der Waals surface area contributed by atoms with E-state index in [2.05, 4.69) is 0 Å². The Morgan fingerprint density at radius 3 is 2.57 bits per heavy atom. The highest BCUT2D eigenvalue weighted by molar-refractivity contribution is 6.12. The predicted octanol–water partition coefficient (Wildman–Crippen LogP) is 2.79. The Hall–Kier alpha value is -1.52. The number of carbonyl (C=O) groups excluding carboxylic acids is 2. The minimum Gasteiger partial charge on any atom is -0.346 e. The van der Waals surface area contributed by atoms with Gasteiger partial charge in [-0.15, -0.1) is 0 Å². The zero-order chi connectivity index (χ0) is 15.2. The smallest absolute Gasteiger partial charge is 0.218 e. The quantitative estimate of drug-likeness (QED) is 0.459. The molecule has 1 aromatic rings. The van der Waals surface area contributed by atoms with Gasteiger partial charge < -0.3 is 9.47 Å². The van der Waals surface area contributed by atoms with Gasteiger partial charge in [-0.25, -0.2) is 0 Å². The lowest BCUT2D eigenvalue weighted by molar-refractivity contribution is -0.170. The van der Waals surface area contributed by atoms with Crippen molar-refractivity contribution in [1.82, 2.24) is 0 Å². The summed E-state index contributed by atoms with van der Waals surface area (Å²) in [4.78, 5) is 25.2. The van der Waals surface area contributed by atoms with Gasteiger partial charge in [0.15, 0.2) is 11.6 Å². The van der Waals surface area contributed by atoms with Crippen LogP contribution in [0, 0.1) is 5.92 Å². The van der Waals surface area contributed by atoms with E-state index in [1.807, 2.05) is 32.0 Å². The largest absolute Gasteiger partial charge is 0.346 e. The van der Waals surface area contributed by atoms with E-state index < -0.39 is 12.2 Å². The second kappa shape index (κ2) is 7.48. The van der Waals surface area contributed by atoms with E-state index >= 15 is 0 Å². The molecule has 0 saturated carbocycles. The number of ether oxygens (including phenoxy) is 2. The minimum absolute atomic E-state index is 0.0995. The molecular weight excluding hydrogens is 268 g/mol. The molecule has 1 aliphatic rings. The molecular formula is C17H22O4. The normalized spacial score (nSPS) is 18.4. The number of hydrogen-bond acceptors (Lipinski definition) is 4. The van der Waals surface area contributed by atoms with Gasteiger partial charge in [0.2, 0.25) is 6.29 Å². The van der Waals surface area contributed by atoms with Crippen molar-refractivity contribution in [3.63, 3.8) is 0 Å². The van der Waals surface area contributed by atoms with Crippen LogP contribution in [0.4, 0.5) is 0 Å². The van der Waals surface area contributed by atoms with Crippen molar-refractivity contribution < 1.29 is 19.1 Å². The average Bonchev–Trinajstić information content (AvgIpc) is 2.66. The first-order chi connectivity index (χ1) is 10.2. The molecule has 2 rings (SSSR count). The SMILES string of the molecule is CCOC(OCC)C(=O)C1CCCc2ccccc2C1=O. The number of aryl methyl sites for hydroxylation is 1. The van der Waals surface area contributed by atoms with Gasteiger partial charge in [0.1, 0.15) is 0 Å². The summed E-state index contributed by atoms with van der Waals surface area (Å²) in [5.74, 6) is -1.00. The summed E-state index contributed by atoms with van der Waals surface area (Å²) >= 11 is 0. The molecule has 4 heteroatoms. The van der Waals surface area contributed by atoms with Gasteiger partial charge in [-0.2, -0.15) is 0 Å². The topological polar surface area (TPSA) is 52.6 Å². The molecule has 21 heavy (non-hydrogen) atoms. The molecule has 0 radical (unpaired) electrons. The van der Waals surface area contributed by atoms with Crippen LogP contribution in [0.25, 0.3) is 0 Å². The van der Waals surface area contributed by atoms with Crippen LogP contribution in [0.1, 0.15) is 42.6 Å². The number of fused-ring (bicyclic) bond motifs is 1. The van der Waals surface area contributed by atoms with E-state index in [1.165, 1.54) is 0 Å². The molecule has 1 aliphatic carbocycles. The van der Waals surface area contributed by atoms with E-state index in [0.717, 1.165) is 18.4 Å². The molecule has 114 valence electrons. The molecule has 0 heterocycles. The summed E-state index contributed by atoms with van der Waals surface area (Å²) in [5.41, 5.74) is 1.70. The summed E-state index contributed by atoms with van der Waals surface area (Å²) < 4.78 is 10.7. The number of Topliss-reactive ketones (excluding diaryl/α,β-unsaturated/α-hetero) is 2. The fraction of sp³-hybridized carbons (Fsp3) is 0.529. The van der Waals surface area contributed by atoms with Crippen LogP contribution < -0.4 is 0 Å². The first-order valence-corrected chi connectivity index (χ1v) is 7.58. The Bertz CT molecular complexity index is 503. The molecule has 0 bridgehead atoms. The standard InChI is InChI=1S/C17H22O4/c1-3-20-17(21-4-2)16(19)14-11-7-9-12-8-5-6-10-13(12)15(14)18/h5-6,8,10,14,17H,3-4,7,9,11H2,1-2H3. The number of rotatable bonds is 6. The Morgan fingerprint density at radius 1 is 1.24 bits per heavy atom. The van der Waals surface area contributed by atoms with Crippen molar-refractivity contribution in [2.24, 2.45) is 5.92 Å². The second-order valence-electron chi connectivity index (χ2n) is 5.11. The fourth-order valence-corrected chi connectivity index (χ4v) is 2.74. The number of carbonyl (C=O) groups is 2. The van der Waals surface area contributed by atoms with Gasteiger partial charge in [0, 0.05) is 18.8 Å². The van der Waals surface area contributed by atoms with Crippen molar-refractivity contribution in [2.45, 2.75) is 39.4 Å². The third-order valence-electron chi connectivity index (χ3n) is 3.75. The lowest BCUT2D eigenvalue weighted by Crippen LogP contribution is -2.36. The van der Waals surface area contributed by atoms with Gasteiger partial charge in [-0.1, -0.05) is 24.3 Å². The highest BCUT2D eigenvalue weighted by Gasteiger charge is 2.35. The van der Waals surface area contributed by atoms with Gasteiger partial charge in [0.05, 0.1) is 5.92 Å². The van der Waals surface area contributed by atoms with Crippen molar-refractivity contribution in [2.75, 3.05) is 13.2 Å². The van der Waals surface area contributed by atoms with E-state index in [0.29, 0.717) is 25.2 Å². The lowest BCUT2D eigenvalue weighted by Gasteiger charge is -2.20. The second-order valence-corrected chi connectivity index (χ2v) is 5.11. The van der Waals surface area contributed by atoms with Crippen LogP contribution in [0.5, 0.6) is 0 Å². The Labute approximate surface area is 125 Å². The molecule has 0 aliphatic heterocycles. The maximum atomic E-state index is 12.7. The lowest BCUT2D eigenvalue weighted by atomic mass is 9.91. The van der Waals surface area contributed by atoms with Gasteiger partial charge in [0.25, 0.3) is 0 Å². The number of benzene rings is 1. The van der Waals surface area contributed by atoms with E-state index in [-0.39, 0.29) is 11.6 Å². The van der Waals surface area contributed by atoms with Gasteiger partial charge in [-0.3, -0.25) is 9.59 Å². The molecule has 1 unspecified atom stereocenters. The molecule has 0 fully saturated rings. The highest BCUT2D eigenvalue weighted by atomic mass is 16.7. The van der Waals surface area contributed by atoms with Crippen molar-refractivity contribution in [3.05, 3.63) is 35.4 Å². The molecule has 0 N–H and O–H groups in total. The minimum atomic E-state index is -0.931. The molecule has 0 amide bonds. The maximum Gasteiger partial charge on any atom is 0.218 e. The van der Waals surface area contributed by atoms with Gasteiger partial charge >= 0.3 is 0 Å². The van der Waals surface area contributed by atoms with E-state index in [1.54, 1.807) is 6.07 Å². The van der Waals surface area contributed by atoms with Crippen LogP contribution in [0.3, 0.4) is 0 Å². The Kier molecular flexibility index (Phi) is 5.65. The van der Waals surface area contributed by atoms with Gasteiger partial charge in [-0.05, 0) is 38.7 Å². The third-order valence-corrected chi connectivity index (χ3v) is 3.75. The number of ketones is 2. The average molecular weight is 290 g/mol. The van der Waals surface area contributed by atoms with E-state index in [9.17, 15) is 9.59 Å². The monoisotopic (exact) mass is 290 g/mol. The predicted molar refractivity (Wildman–Crippen MR) is 79.2 cm³/mol. The summed E-state index contributed by atoms with van der Waals surface area (Å²) in [6.07, 6.45) is 1.28. The van der Waals surface area contributed by atoms with Crippen LogP contribution >= 0.6 is 0 Å².